The Kier molecular flexibility index (Phi) is 4.64. The number of amides is 1. The lowest BCUT2D eigenvalue weighted by molar-refractivity contribution is 0.0955. The van der Waals surface area contributed by atoms with Crippen molar-refractivity contribution in [3.05, 3.63) is 53.9 Å². The molecule has 0 aliphatic rings. The van der Waals surface area contributed by atoms with Crippen molar-refractivity contribution < 1.29 is 9.18 Å². The zero-order valence-electron chi connectivity index (χ0n) is 13.2. The Morgan fingerprint density at radius 2 is 2.25 bits per heavy atom. The van der Waals surface area contributed by atoms with Crippen molar-refractivity contribution in [1.82, 2.24) is 24.9 Å². The maximum atomic E-state index is 13.6. The fraction of sp³-hybridized carbons (Fsp3) is 0.250. The molecule has 124 valence electrons. The number of hydrogen-bond donors (Lipinski definition) is 2. The van der Waals surface area contributed by atoms with Gasteiger partial charge in [0.15, 0.2) is 5.65 Å². The molecule has 0 radical (unpaired) electrons. The third kappa shape index (κ3) is 3.32. The van der Waals surface area contributed by atoms with E-state index in [1.165, 1.54) is 29.0 Å². The summed E-state index contributed by atoms with van der Waals surface area (Å²) in [5.41, 5.74) is 1.14. The van der Waals surface area contributed by atoms with Crippen LogP contribution in [0.25, 0.3) is 5.65 Å². The van der Waals surface area contributed by atoms with Gasteiger partial charge in [-0.25, -0.2) is 13.9 Å². The Bertz CT molecular complexity index is 863. The highest BCUT2D eigenvalue weighted by atomic mass is 19.1. The number of carbonyl (C=O) groups excluding carboxylic acids is 1. The summed E-state index contributed by atoms with van der Waals surface area (Å²) in [5.74, 6) is -0.0834. The summed E-state index contributed by atoms with van der Waals surface area (Å²) < 4.78 is 15.1. The third-order valence-electron chi connectivity index (χ3n) is 3.42. The van der Waals surface area contributed by atoms with Gasteiger partial charge in [0.25, 0.3) is 5.91 Å². The van der Waals surface area contributed by atoms with Gasteiger partial charge in [-0.1, -0.05) is 6.92 Å². The zero-order chi connectivity index (χ0) is 16.9. The summed E-state index contributed by atoms with van der Waals surface area (Å²) in [6.07, 6.45) is 5.55. The van der Waals surface area contributed by atoms with Crippen LogP contribution in [0, 0.1) is 5.82 Å². The lowest BCUT2D eigenvalue weighted by Crippen LogP contribution is -2.24. The van der Waals surface area contributed by atoms with Gasteiger partial charge in [0.05, 0.1) is 18.4 Å². The van der Waals surface area contributed by atoms with E-state index < -0.39 is 0 Å². The fourth-order valence-corrected chi connectivity index (χ4v) is 2.18. The summed E-state index contributed by atoms with van der Waals surface area (Å²) in [6, 6.07) is 4.60. The lowest BCUT2D eigenvalue weighted by atomic mass is 10.3. The summed E-state index contributed by atoms with van der Waals surface area (Å²) in [4.78, 5) is 20.5. The molecule has 7 nitrogen and oxygen atoms in total. The predicted molar refractivity (Wildman–Crippen MR) is 87.1 cm³/mol. The second-order valence-electron chi connectivity index (χ2n) is 5.18. The van der Waals surface area contributed by atoms with Gasteiger partial charge in [-0.05, 0) is 24.6 Å². The molecule has 0 aliphatic heterocycles. The van der Waals surface area contributed by atoms with Crippen LogP contribution in [0.1, 0.15) is 29.4 Å². The topological polar surface area (TPSA) is 84.2 Å². The summed E-state index contributed by atoms with van der Waals surface area (Å²) in [5, 5.41) is 9.92. The second-order valence-corrected chi connectivity index (χ2v) is 5.18. The Hall–Kier alpha value is -3.03. The SMILES string of the molecule is CCCNC(=O)c1cnn2ccc(NCc3ncccc3F)nc12. The summed E-state index contributed by atoms with van der Waals surface area (Å²) in [6.45, 7) is 2.77. The molecule has 0 saturated heterocycles. The first kappa shape index (κ1) is 15.9. The molecule has 0 saturated carbocycles. The van der Waals surface area contributed by atoms with Gasteiger partial charge in [-0.2, -0.15) is 5.10 Å². The first-order chi connectivity index (χ1) is 11.7. The molecule has 0 unspecified atom stereocenters. The van der Waals surface area contributed by atoms with Crippen LogP contribution in [0.5, 0.6) is 0 Å². The highest BCUT2D eigenvalue weighted by Gasteiger charge is 2.14. The molecule has 0 atom stereocenters. The normalized spacial score (nSPS) is 10.8. The minimum Gasteiger partial charge on any atom is -0.364 e. The molecule has 3 aromatic heterocycles. The number of nitrogens with zero attached hydrogens (tertiary/aromatic N) is 4. The Morgan fingerprint density at radius 1 is 1.38 bits per heavy atom. The number of pyridine rings is 1. The van der Waals surface area contributed by atoms with Crippen molar-refractivity contribution in [3.63, 3.8) is 0 Å². The van der Waals surface area contributed by atoms with E-state index >= 15 is 0 Å². The molecule has 24 heavy (non-hydrogen) atoms. The van der Waals surface area contributed by atoms with E-state index in [-0.39, 0.29) is 18.3 Å². The van der Waals surface area contributed by atoms with Gasteiger partial charge in [0, 0.05) is 18.9 Å². The molecule has 2 N–H and O–H groups in total. The minimum absolute atomic E-state index is 0.196. The van der Waals surface area contributed by atoms with Gasteiger partial charge in [0.2, 0.25) is 0 Å². The molecule has 0 fully saturated rings. The Balaban J connectivity index is 1.80. The number of rotatable bonds is 6. The standard InChI is InChI=1S/C16H17FN6O/c1-2-6-19-16(24)11-9-21-23-8-5-14(22-15(11)23)20-10-13-12(17)4-3-7-18-13/h3-5,7-9H,2,6,10H2,1H3,(H,19,24)(H,20,22). The molecule has 0 bridgehead atoms. The van der Waals surface area contributed by atoms with Crippen LogP contribution in [0.3, 0.4) is 0 Å². The molecule has 8 heteroatoms. The molecule has 3 heterocycles. The number of aromatic nitrogens is 4. The van der Waals surface area contributed by atoms with Gasteiger partial charge in [-0.15, -0.1) is 0 Å². The van der Waals surface area contributed by atoms with Crippen molar-refractivity contribution in [2.24, 2.45) is 0 Å². The quantitative estimate of drug-likeness (QED) is 0.723. The van der Waals surface area contributed by atoms with Crippen LogP contribution in [-0.2, 0) is 6.54 Å². The number of nitrogens with one attached hydrogen (secondary N) is 2. The molecule has 0 aliphatic carbocycles. The first-order valence-electron chi connectivity index (χ1n) is 7.65. The Labute approximate surface area is 137 Å². The Morgan fingerprint density at radius 3 is 3.04 bits per heavy atom. The van der Waals surface area contributed by atoms with Crippen LogP contribution >= 0.6 is 0 Å². The minimum atomic E-state index is -0.380. The zero-order valence-corrected chi connectivity index (χ0v) is 13.2. The molecule has 3 aromatic rings. The lowest BCUT2D eigenvalue weighted by Gasteiger charge is -2.07. The highest BCUT2D eigenvalue weighted by Crippen LogP contribution is 2.13. The van der Waals surface area contributed by atoms with E-state index in [1.54, 1.807) is 12.3 Å². The number of halogens is 1. The number of anilines is 1. The van der Waals surface area contributed by atoms with Crippen LogP contribution in [0.4, 0.5) is 10.2 Å². The average molecular weight is 328 g/mol. The van der Waals surface area contributed by atoms with E-state index in [9.17, 15) is 9.18 Å². The van der Waals surface area contributed by atoms with E-state index in [0.29, 0.717) is 29.3 Å². The highest BCUT2D eigenvalue weighted by molar-refractivity contribution is 5.99. The van der Waals surface area contributed by atoms with Crippen molar-refractivity contribution in [2.75, 3.05) is 11.9 Å². The van der Waals surface area contributed by atoms with Crippen LogP contribution in [0.15, 0.2) is 36.8 Å². The van der Waals surface area contributed by atoms with Crippen LogP contribution < -0.4 is 10.6 Å². The van der Waals surface area contributed by atoms with E-state index in [1.807, 2.05) is 6.92 Å². The second kappa shape index (κ2) is 7.03. The molecule has 0 aromatic carbocycles. The maximum Gasteiger partial charge on any atom is 0.256 e. The number of carbonyl (C=O) groups is 1. The number of hydrogen-bond acceptors (Lipinski definition) is 5. The van der Waals surface area contributed by atoms with Gasteiger partial charge in [-0.3, -0.25) is 9.78 Å². The van der Waals surface area contributed by atoms with Gasteiger partial charge < -0.3 is 10.6 Å². The fourth-order valence-electron chi connectivity index (χ4n) is 2.18. The maximum absolute atomic E-state index is 13.6. The summed E-state index contributed by atoms with van der Waals surface area (Å²) >= 11 is 0. The van der Waals surface area contributed by atoms with Crippen molar-refractivity contribution in [1.29, 1.82) is 0 Å². The van der Waals surface area contributed by atoms with E-state index in [2.05, 4.69) is 25.7 Å². The van der Waals surface area contributed by atoms with Crippen molar-refractivity contribution >= 4 is 17.4 Å². The van der Waals surface area contributed by atoms with E-state index in [4.69, 9.17) is 0 Å². The van der Waals surface area contributed by atoms with Crippen LogP contribution in [0.2, 0.25) is 0 Å². The smallest absolute Gasteiger partial charge is 0.256 e. The van der Waals surface area contributed by atoms with Crippen molar-refractivity contribution in [3.8, 4) is 0 Å². The van der Waals surface area contributed by atoms with E-state index in [0.717, 1.165) is 6.42 Å². The largest absolute Gasteiger partial charge is 0.364 e. The molecule has 1 amide bonds. The van der Waals surface area contributed by atoms with Gasteiger partial charge >= 0.3 is 0 Å². The first-order valence-corrected chi connectivity index (χ1v) is 7.65. The van der Waals surface area contributed by atoms with Gasteiger partial charge in [0.1, 0.15) is 17.2 Å². The third-order valence-corrected chi connectivity index (χ3v) is 3.42. The molecular weight excluding hydrogens is 311 g/mol. The number of fused-ring (bicyclic) bond motifs is 1. The molecular formula is C16H17FN6O. The average Bonchev–Trinajstić information content (AvgIpc) is 3.02. The molecule has 3 rings (SSSR count). The van der Waals surface area contributed by atoms with Crippen molar-refractivity contribution in [2.45, 2.75) is 19.9 Å². The van der Waals surface area contributed by atoms with Crippen LogP contribution in [-0.4, -0.2) is 32.0 Å². The summed E-state index contributed by atoms with van der Waals surface area (Å²) in [7, 11) is 0. The predicted octanol–water partition coefficient (Wildman–Crippen LogP) is 2.02. The molecule has 0 spiro atoms. The monoisotopic (exact) mass is 328 g/mol.